The third-order valence-corrected chi connectivity index (χ3v) is 5.36. The van der Waals surface area contributed by atoms with Gasteiger partial charge in [-0.15, -0.1) is 0 Å². The molecule has 6 heteroatoms. The first-order valence-corrected chi connectivity index (χ1v) is 16.6. The molecule has 0 bridgehead atoms. The molecule has 0 spiro atoms. The van der Waals surface area contributed by atoms with Gasteiger partial charge < -0.3 is 9.47 Å². The highest BCUT2D eigenvalue weighted by Crippen LogP contribution is 2.27. The molecule has 1 aliphatic heterocycles. The zero-order chi connectivity index (χ0) is 32.6. The Kier molecular flexibility index (Phi) is 30.2. The number of hydrogen-bond donors (Lipinski definition) is 0. The lowest BCUT2D eigenvalue weighted by atomic mass is 10.1. The Morgan fingerprint density at radius 3 is 1.40 bits per heavy atom. The fourth-order valence-corrected chi connectivity index (χ4v) is 3.58. The van der Waals surface area contributed by atoms with Gasteiger partial charge in [-0.3, -0.25) is 0 Å². The van der Waals surface area contributed by atoms with Crippen LogP contribution in [-0.2, 0) is 6.54 Å². The molecule has 4 rings (SSSR count). The van der Waals surface area contributed by atoms with Crippen LogP contribution < -0.4 is 4.90 Å². The number of hydrogen-bond acceptors (Lipinski definition) is 3. The third kappa shape index (κ3) is 13.9. The topological polar surface area (TPSA) is 43.3 Å². The van der Waals surface area contributed by atoms with Crippen LogP contribution in [0.3, 0.4) is 0 Å². The summed E-state index contributed by atoms with van der Waals surface area (Å²) in [6, 6.07) is 5.47. The Balaban J connectivity index is -0.000000236. The second kappa shape index (κ2) is 27.0. The minimum absolute atomic E-state index is 0.490. The van der Waals surface area contributed by atoms with E-state index in [-0.39, 0.29) is 0 Å². The average molecular weight is 565 g/mol. The van der Waals surface area contributed by atoms with Gasteiger partial charge in [0.25, 0.3) is 0 Å². The van der Waals surface area contributed by atoms with E-state index in [1.165, 1.54) is 17.2 Å². The minimum Gasteiger partial charge on any atom is -0.353 e. The van der Waals surface area contributed by atoms with E-state index < -0.39 is 0 Å². The summed E-state index contributed by atoms with van der Waals surface area (Å²) in [4.78, 5) is 2.42. The Morgan fingerprint density at radius 1 is 0.550 bits per heavy atom. The molecule has 0 amide bonds. The van der Waals surface area contributed by atoms with E-state index in [9.17, 15) is 0 Å². The molecule has 0 unspecified atom stereocenters. The van der Waals surface area contributed by atoms with Crippen molar-refractivity contribution in [1.29, 1.82) is 0 Å². The van der Waals surface area contributed by atoms with Gasteiger partial charge in [0.2, 0.25) is 0 Å². The summed E-state index contributed by atoms with van der Waals surface area (Å²) in [6.45, 7) is 43.7. The summed E-state index contributed by atoms with van der Waals surface area (Å²) in [7, 11) is 0. The van der Waals surface area contributed by atoms with Crippen LogP contribution in [0, 0.1) is 0 Å². The molecule has 6 nitrogen and oxygen atoms in total. The lowest BCUT2D eigenvalue weighted by Crippen LogP contribution is -2.28. The molecule has 0 aromatic carbocycles. The van der Waals surface area contributed by atoms with Crippen LogP contribution in [0.2, 0.25) is 0 Å². The van der Waals surface area contributed by atoms with Crippen LogP contribution in [-0.4, -0.2) is 36.5 Å². The Hall–Kier alpha value is -2.24. The maximum atomic E-state index is 4.60. The highest BCUT2D eigenvalue weighted by Gasteiger charge is 2.23. The molecule has 0 radical (unpaired) electrons. The largest absolute Gasteiger partial charge is 0.353 e. The summed E-state index contributed by atoms with van der Waals surface area (Å²) in [5.41, 5.74) is 3.56. The predicted octanol–water partition coefficient (Wildman–Crippen LogP) is 11.2. The summed E-state index contributed by atoms with van der Waals surface area (Å²) in [5, 5.41) is 9.11. The zero-order valence-corrected chi connectivity index (χ0v) is 30.7. The molecule has 4 heterocycles. The summed E-state index contributed by atoms with van der Waals surface area (Å²) in [6.07, 6.45) is 4.10. The molecular formula is C34H72N6. The SMILES string of the molecule is CC.CC.CC.CC.CC.CC.CC(C)c1cc2n(C(C)C)ccn2n1.CC(C)c1cc2n(n1)CCN2C(C)C. The molecule has 0 atom stereocenters. The normalized spacial score (nSPS) is 10.7. The fourth-order valence-electron chi connectivity index (χ4n) is 3.58. The van der Waals surface area contributed by atoms with Crippen LogP contribution in [0.5, 0.6) is 0 Å². The standard InChI is InChI=1S/C11H19N3.C11H17N3.6C2H6/c2*1-8(2)10-7-11-13(9(3)4)5-6-14(11)12-10;6*1-2/h7-9H,5-6H2,1-4H3;5-9H,1-4H3;6*1-2H3. The molecule has 0 aliphatic carbocycles. The number of nitrogens with zero attached hydrogens (tertiary/aromatic N) is 6. The number of rotatable bonds is 4. The first-order valence-electron chi connectivity index (χ1n) is 16.6. The number of fused-ring (bicyclic) bond motifs is 2. The van der Waals surface area contributed by atoms with Crippen molar-refractivity contribution >= 4 is 11.5 Å². The quantitative estimate of drug-likeness (QED) is 0.316. The van der Waals surface area contributed by atoms with Crippen molar-refractivity contribution in [1.82, 2.24) is 24.0 Å². The highest BCUT2D eigenvalue weighted by atomic mass is 15.4. The van der Waals surface area contributed by atoms with Gasteiger partial charge in [-0.2, -0.15) is 10.2 Å². The lowest BCUT2D eigenvalue weighted by molar-refractivity contribution is 0.619. The van der Waals surface area contributed by atoms with E-state index in [1.807, 2.05) is 93.8 Å². The van der Waals surface area contributed by atoms with Gasteiger partial charge in [-0.05, 0) is 39.5 Å². The predicted molar refractivity (Wildman–Crippen MR) is 185 cm³/mol. The fraction of sp³-hybridized carbons (Fsp3) is 0.765. The highest BCUT2D eigenvalue weighted by molar-refractivity contribution is 5.45. The molecule has 0 saturated carbocycles. The molecule has 40 heavy (non-hydrogen) atoms. The number of anilines is 1. The van der Waals surface area contributed by atoms with Crippen molar-refractivity contribution in [3.63, 3.8) is 0 Å². The number of imidazole rings is 1. The van der Waals surface area contributed by atoms with Crippen molar-refractivity contribution in [2.45, 2.75) is 169 Å². The zero-order valence-electron chi connectivity index (χ0n) is 30.7. The van der Waals surface area contributed by atoms with E-state index >= 15 is 0 Å². The first kappa shape index (κ1) is 44.8. The van der Waals surface area contributed by atoms with E-state index in [0.717, 1.165) is 18.8 Å². The van der Waals surface area contributed by atoms with Gasteiger partial charge in [0.1, 0.15) is 11.5 Å². The van der Waals surface area contributed by atoms with Crippen molar-refractivity contribution < 1.29 is 0 Å². The molecule has 3 aromatic rings. The summed E-state index contributed by atoms with van der Waals surface area (Å²) < 4.78 is 6.32. The lowest BCUT2D eigenvalue weighted by Gasteiger charge is -2.21. The van der Waals surface area contributed by atoms with E-state index in [0.29, 0.717) is 23.9 Å². The molecule has 0 fully saturated rings. The molecule has 238 valence electrons. The van der Waals surface area contributed by atoms with Crippen LogP contribution in [0.25, 0.3) is 5.65 Å². The molecule has 0 N–H and O–H groups in total. The Morgan fingerprint density at radius 2 is 1.00 bits per heavy atom. The third-order valence-electron chi connectivity index (χ3n) is 5.36. The molecule has 3 aromatic heterocycles. The van der Waals surface area contributed by atoms with Crippen molar-refractivity contribution in [2.24, 2.45) is 0 Å². The smallest absolute Gasteiger partial charge is 0.136 e. The molecular weight excluding hydrogens is 492 g/mol. The van der Waals surface area contributed by atoms with Crippen molar-refractivity contribution in [3.05, 3.63) is 35.9 Å². The van der Waals surface area contributed by atoms with Crippen LogP contribution in [0.4, 0.5) is 5.82 Å². The second-order valence-electron chi connectivity index (χ2n) is 8.92. The minimum atomic E-state index is 0.490. The van der Waals surface area contributed by atoms with E-state index in [4.69, 9.17) is 0 Å². The summed E-state index contributed by atoms with van der Waals surface area (Å²) in [5.74, 6) is 2.32. The first-order chi connectivity index (χ1) is 19.2. The van der Waals surface area contributed by atoms with Gasteiger partial charge in [0, 0.05) is 43.2 Å². The second-order valence-corrected chi connectivity index (χ2v) is 8.92. The van der Waals surface area contributed by atoms with E-state index in [2.05, 4.69) is 98.1 Å². The van der Waals surface area contributed by atoms with Crippen LogP contribution >= 0.6 is 0 Å². The van der Waals surface area contributed by atoms with Crippen molar-refractivity contribution in [3.8, 4) is 0 Å². The van der Waals surface area contributed by atoms with E-state index in [1.54, 1.807) is 0 Å². The van der Waals surface area contributed by atoms with Crippen LogP contribution in [0.15, 0.2) is 24.5 Å². The molecule has 1 aliphatic rings. The van der Waals surface area contributed by atoms with Gasteiger partial charge >= 0.3 is 0 Å². The average Bonchev–Trinajstić information content (AvgIpc) is 3.76. The van der Waals surface area contributed by atoms with Gasteiger partial charge in [0.05, 0.1) is 17.9 Å². The summed E-state index contributed by atoms with van der Waals surface area (Å²) >= 11 is 0. The van der Waals surface area contributed by atoms with Gasteiger partial charge in [-0.25, -0.2) is 9.20 Å². The number of aromatic nitrogens is 5. The Bertz CT molecular complexity index is 912. The van der Waals surface area contributed by atoms with Gasteiger partial charge in [0.15, 0.2) is 0 Å². The molecule has 0 saturated heterocycles. The van der Waals surface area contributed by atoms with Crippen molar-refractivity contribution in [2.75, 3.05) is 11.4 Å². The maximum Gasteiger partial charge on any atom is 0.136 e. The monoisotopic (exact) mass is 565 g/mol. The van der Waals surface area contributed by atoms with Crippen LogP contribution in [0.1, 0.15) is 168 Å². The van der Waals surface area contributed by atoms with Gasteiger partial charge in [-0.1, -0.05) is 111 Å². The maximum absolute atomic E-state index is 4.60. The Labute approximate surface area is 251 Å².